The number of hydrogen-bond donors (Lipinski definition) is 4. The maximum absolute atomic E-state index is 12.3. The van der Waals surface area contributed by atoms with E-state index in [1.165, 1.54) is 12.1 Å². The van der Waals surface area contributed by atoms with Crippen LogP contribution in [0.15, 0.2) is 48.5 Å². The quantitative estimate of drug-likeness (QED) is 0.553. The Kier molecular flexibility index (Phi) is 6.79. The number of phenols is 1. The molecule has 0 unspecified atom stereocenters. The minimum atomic E-state index is -1.11. The fourth-order valence-corrected chi connectivity index (χ4v) is 2.62. The van der Waals surface area contributed by atoms with Gasteiger partial charge in [0, 0.05) is 26.2 Å². The summed E-state index contributed by atoms with van der Waals surface area (Å²) >= 11 is 0. The summed E-state index contributed by atoms with van der Waals surface area (Å²) in [7, 11) is 3.84. The number of anilines is 1. The summed E-state index contributed by atoms with van der Waals surface area (Å²) in [4.78, 5) is 25.8. The Morgan fingerprint density at radius 1 is 1.00 bits per heavy atom. The van der Waals surface area contributed by atoms with Gasteiger partial charge in [0.15, 0.2) is 0 Å². The number of aromatic hydroxyl groups is 1. The van der Waals surface area contributed by atoms with E-state index in [4.69, 9.17) is 5.73 Å². The van der Waals surface area contributed by atoms with Crippen LogP contribution < -0.4 is 16.0 Å². The highest BCUT2D eigenvalue weighted by atomic mass is 16.4. The zero-order valence-corrected chi connectivity index (χ0v) is 15.4. The molecule has 2 rings (SSSR count). The van der Waals surface area contributed by atoms with Crippen molar-refractivity contribution in [3.63, 3.8) is 0 Å². The highest BCUT2D eigenvalue weighted by Gasteiger charge is 2.23. The van der Waals surface area contributed by atoms with Crippen molar-refractivity contribution >= 4 is 17.6 Å². The maximum Gasteiger partial charge on any atom is 0.326 e. The minimum absolute atomic E-state index is 0.128. The van der Waals surface area contributed by atoms with Crippen LogP contribution in [0.4, 0.5) is 5.69 Å². The third kappa shape index (κ3) is 6.00. The highest BCUT2D eigenvalue weighted by Crippen LogP contribution is 2.14. The van der Waals surface area contributed by atoms with Crippen molar-refractivity contribution in [1.29, 1.82) is 0 Å². The maximum atomic E-state index is 12.3. The normalized spacial score (nSPS) is 12.9. The van der Waals surface area contributed by atoms with Crippen LogP contribution in [0, 0.1) is 0 Å². The van der Waals surface area contributed by atoms with E-state index in [2.05, 4.69) is 5.32 Å². The van der Waals surface area contributed by atoms with Crippen molar-refractivity contribution in [3.05, 3.63) is 59.7 Å². The molecule has 2 atom stereocenters. The number of rotatable bonds is 8. The zero-order valence-electron chi connectivity index (χ0n) is 15.4. The van der Waals surface area contributed by atoms with Gasteiger partial charge in [-0.15, -0.1) is 0 Å². The number of nitrogens with zero attached hydrogens (tertiary/aromatic N) is 1. The lowest BCUT2D eigenvalue weighted by Crippen LogP contribution is -2.50. The number of carbonyl (C=O) groups is 2. The van der Waals surface area contributed by atoms with Gasteiger partial charge in [0.25, 0.3) is 0 Å². The molecular formula is C20H25N3O4. The van der Waals surface area contributed by atoms with Crippen molar-refractivity contribution in [3.8, 4) is 5.75 Å². The highest BCUT2D eigenvalue weighted by molar-refractivity contribution is 5.87. The van der Waals surface area contributed by atoms with Crippen LogP contribution in [0.1, 0.15) is 11.1 Å². The number of phenolic OH excluding ortho intramolecular Hbond substituents is 1. The number of carboxylic acid groups (broad SMARTS) is 1. The first-order valence-corrected chi connectivity index (χ1v) is 8.59. The molecule has 7 heteroatoms. The molecule has 0 spiro atoms. The number of amides is 1. The fourth-order valence-electron chi connectivity index (χ4n) is 2.62. The molecule has 0 saturated heterocycles. The molecule has 0 saturated carbocycles. The van der Waals surface area contributed by atoms with E-state index >= 15 is 0 Å². The van der Waals surface area contributed by atoms with Crippen LogP contribution in [-0.2, 0) is 22.4 Å². The Morgan fingerprint density at radius 2 is 1.52 bits per heavy atom. The van der Waals surface area contributed by atoms with Crippen molar-refractivity contribution < 1.29 is 19.8 Å². The zero-order chi connectivity index (χ0) is 20.0. The van der Waals surface area contributed by atoms with Crippen LogP contribution in [0.25, 0.3) is 0 Å². The van der Waals surface area contributed by atoms with Crippen LogP contribution >= 0.6 is 0 Å². The average molecular weight is 371 g/mol. The van der Waals surface area contributed by atoms with Gasteiger partial charge in [-0.25, -0.2) is 4.79 Å². The predicted octanol–water partition coefficient (Wildman–Crippen LogP) is 1.14. The number of carboxylic acids is 1. The van der Waals surface area contributed by atoms with Gasteiger partial charge in [-0.1, -0.05) is 24.3 Å². The monoisotopic (exact) mass is 371 g/mol. The summed E-state index contributed by atoms with van der Waals surface area (Å²) in [5, 5.41) is 21.2. The second-order valence-corrected chi connectivity index (χ2v) is 6.64. The van der Waals surface area contributed by atoms with E-state index in [1.807, 2.05) is 43.3 Å². The number of hydrogen-bond acceptors (Lipinski definition) is 5. The fraction of sp³-hybridized carbons (Fsp3) is 0.300. The Hall–Kier alpha value is -3.06. The molecule has 0 radical (unpaired) electrons. The van der Waals surface area contributed by atoms with Gasteiger partial charge in [-0.05, 0) is 41.8 Å². The van der Waals surface area contributed by atoms with E-state index < -0.39 is 24.0 Å². The summed E-state index contributed by atoms with van der Waals surface area (Å²) in [5.74, 6) is -1.51. The largest absolute Gasteiger partial charge is 0.508 e. The molecule has 0 heterocycles. The molecule has 5 N–H and O–H groups in total. The summed E-state index contributed by atoms with van der Waals surface area (Å²) in [6.45, 7) is 0. The lowest BCUT2D eigenvalue weighted by Gasteiger charge is -2.19. The van der Waals surface area contributed by atoms with E-state index in [1.54, 1.807) is 12.1 Å². The molecule has 0 fully saturated rings. The van der Waals surface area contributed by atoms with Crippen LogP contribution in [-0.4, -0.2) is 48.3 Å². The first-order chi connectivity index (χ1) is 12.8. The van der Waals surface area contributed by atoms with Crippen molar-refractivity contribution in [2.75, 3.05) is 19.0 Å². The molecule has 0 aliphatic heterocycles. The van der Waals surface area contributed by atoms with E-state index in [0.717, 1.165) is 16.8 Å². The number of carbonyl (C=O) groups excluding carboxylic acids is 1. The molecular weight excluding hydrogens is 346 g/mol. The van der Waals surface area contributed by atoms with E-state index in [-0.39, 0.29) is 18.6 Å². The number of nitrogens with one attached hydrogen (secondary N) is 1. The topological polar surface area (TPSA) is 116 Å². The Bertz CT molecular complexity index is 773. The Labute approximate surface area is 158 Å². The molecule has 0 aromatic heterocycles. The van der Waals surface area contributed by atoms with E-state index in [9.17, 15) is 19.8 Å². The second kappa shape index (κ2) is 9.05. The lowest BCUT2D eigenvalue weighted by molar-refractivity contribution is -0.141. The molecule has 0 aliphatic rings. The first kappa shape index (κ1) is 20.3. The first-order valence-electron chi connectivity index (χ1n) is 8.59. The minimum Gasteiger partial charge on any atom is -0.508 e. The molecule has 27 heavy (non-hydrogen) atoms. The molecule has 1 amide bonds. The Balaban J connectivity index is 1.98. The number of nitrogens with two attached hydrogens (primary N) is 1. The molecule has 0 aliphatic carbocycles. The molecule has 7 nitrogen and oxygen atoms in total. The molecule has 0 bridgehead atoms. The van der Waals surface area contributed by atoms with Crippen LogP contribution in [0.2, 0.25) is 0 Å². The smallest absolute Gasteiger partial charge is 0.326 e. The Morgan fingerprint density at radius 3 is 2.04 bits per heavy atom. The average Bonchev–Trinajstić information content (AvgIpc) is 2.63. The standard InChI is InChI=1S/C20H25N3O4/c1-23(2)15-7-3-14(4-8-15)12-18(20(26)27)22-19(25)17(21)11-13-5-9-16(24)10-6-13/h3-10,17-18,24H,11-12,21H2,1-2H3,(H,22,25)(H,26,27)/t17-,18-/m0/s1. The predicted molar refractivity (Wildman–Crippen MR) is 104 cm³/mol. The van der Waals surface area contributed by atoms with Crippen LogP contribution in [0.3, 0.4) is 0 Å². The van der Waals surface area contributed by atoms with Crippen molar-refractivity contribution in [2.24, 2.45) is 5.73 Å². The lowest BCUT2D eigenvalue weighted by atomic mass is 10.0. The van der Waals surface area contributed by atoms with Gasteiger partial charge in [0.2, 0.25) is 5.91 Å². The van der Waals surface area contributed by atoms with Crippen LogP contribution in [0.5, 0.6) is 5.75 Å². The van der Waals surface area contributed by atoms with Crippen molar-refractivity contribution in [1.82, 2.24) is 5.32 Å². The van der Waals surface area contributed by atoms with Gasteiger partial charge < -0.3 is 26.2 Å². The summed E-state index contributed by atoms with van der Waals surface area (Å²) in [6.07, 6.45) is 0.413. The van der Waals surface area contributed by atoms with Gasteiger partial charge >= 0.3 is 5.97 Å². The number of aliphatic carboxylic acids is 1. The SMILES string of the molecule is CN(C)c1ccc(C[C@H](NC(=O)[C@@H](N)Cc2ccc(O)cc2)C(=O)O)cc1. The van der Waals surface area contributed by atoms with Gasteiger partial charge in [-0.2, -0.15) is 0 Å². The van der Waals surface area contributed by atoms with Gasteiger partial charge in [-0.3, -0.25) is 4.79 Å². The van der Waals surface area contributed by atoms with E-state index in [0.29, 0.717) is 0 Å². The third-order valence-corrected chi connectivity index (χ3v) is 4.24. The summed E-state index contributed by atoms with van der Waals surface area (Å²) in [5.41, 5.74) is 8.50. The molecule has 2 aromatic carbocycles. The van der Waals surface area contributed by atoms with Gasteiger partial charge in [0.1, 0.15) is 11.8 Å². The van der Waals surface area contributed by atoms with Crippen molar-refractivity contribution in [2.45, 2.75) is 24.9 Å². The summed E-state index contributed by atoms with van der Waals surface area (Å²) in [6, 6.07) is 11.9. The number of benzene rings is 2. The molecule has 2 aromatic rings. The summed E-state index contributed by atoms with van der Waals surface area (Å²) < 4.78 is 0. The third-order valence-electron chi connectivity index (χ3n) is 4.24. The second-order valence-electron chi connectivity index (χ2n) is 6.64. The molecule has 144 valence electrons. The van der Waals surface area contributed by atoms with Gasteiger partial charge in [0.05, 0.1) is 6.04 Å².